The lowest BCUT2D eigenvalue weighted by Gasteiger charge is -2.18. The second-order valence-corrected chi connectivity index (χ2v) is 13.8. The SMILES string of the molecule is CC/C=C\C/C=C\C/C=C\C/C=C\C/C=C\CCCC(=O)OCC(O)COP(=O)(O)OCC(NC(=O)CCCCCCCCCCCC)C(=O)O. The Balaban J connectivity index is 4.05. The van der Waals surface area contributed by atoms with E-state index in [1.807, 2.05) is 12.2 Å². The lowest BCUT2D eigenvalue weighted by molar-refractivity contribution is -0.147. The number of rotatable bonds is 34. The fraction of sp³-hybridized carbons (Fsp3) is 0.667. The van der Waals surface area contributed by atoms with Gasteiger partial charge in [-0.2, -0.15) is 0 Å². The van der Waals surface area contributed by atoms with Gasteiger partial charge in [0.15, 0.2) is 6.04 Å². The zero-order valence-corrected chi connectivity index (χ0v) is 32.0. The molecule has 51 heavy (non-hydrogen) atoms. The number of aliphatic hydroxyl groups is 1. The van der Waals surface area contributed by atoms with Crippen LogP contribution in [0.3, 0.4) is 0 Å². The highest BCUT2D eigenvalue weighted by atomic mass is 31.2. The number of nitrogens with one attached hydrogen (secondary N) is 1. The van der Waals surface area contributed by atoms with Crippen molar-refractivity contribution in [3.63, 3.8) is 0 Å². The van der Waals surface area contributed by atoms with Gasteiger partial charge in [-0.05, 0) is 51.4 Å². The zero-order chi connectivity index (χ0) is 37.8. The minimum atomic E-state index is -4.76. The second-order valence-electron chi connectivity index (χ2n) is 12.4. The number of ether oxygens (including phenoxy) is 1. The quantitative estimate of drug-likeness (QED) is 0.0217. The third-order valence-corrected chi connectivity index (χ3v) is 8.52. The normalized spacial score (nSPS) is 14.6. The highest BCUT2D eigenvalue weighted by Crippen LogP contribution is 2.43. The number of hydrogen-bond acceptors (Lipinski definition) is 8. The minimum absolute atomic E-state index is 0.141. The molecule has 0 aliphatic heterocycles. The van der Waals surface area contributed by atoms with E-state index in [1.165, 1.54) is 38.5 Å². The van der Waals surface area contributed by atoms with Crippen molar-refractivity contribution in [1.82, 2.24) is 5.32 Å². The van der Waals surface area contributed by atoms with Gasteiger partial charge in [-0.25, -0.2) is 9.36 Å². The van der Waals surface area contributed by atoms with Gasteiger partial charge in [0, 0.05) is 12.8 Å². The number of carboxylic acids is 1. The Morgan fingerprint density at radius 2 is 1.14 bits per heavy atom. The number of amides is 1. The van der Waals surface area contributed by atoms with Crippen LogP contribution in [-0.2, 0) is 32.7 Å². The number of allylic oxidation sites excluding steroid dienone is 10. The van der Waals surface area contributed by atoms with Gasteiger partial charge in [0.05, 0.1) is 13.2 Å². The van der Waals surface area contributed by atoms with Gasteiger partial charge in [0.2, 0.25) is 5.91 Å². The first kappa shape index (κ1) is 48.2. The monoisotopic (exact) mass is 739 g/mol. The van der Waals surface area contributed by atoms with Gasteiger partial charge in [-0.3, -0.25) is 18.6 Å². The Morgan fingerprint density at radius 3 is 1.67 bits per heavy atom. The Labute approximate surface area is 306 Å². The molecule has 12 heteroatoms. The van der Waals surface area contributed by atoms with Crippen LogP contribution in [0.2, 0.25) is 0 Å². The molecular formula is C39H66NO10P. The van der Waals surface area contributed by atoms with Crippen LogP contribution >= 0.6 is 7.82 Å². The van der Waals surface area contributed by atoms with E-state index in [4.69, 9.17) is 13.8 Å². The molecule has 1 amide bonds. The smallest absolute Gasteiger partial charge is 0.472 e. The van der Waals surface area contributed by atoms with E-state index >= 15 is 0 Å². The van der Waals surface area contributed by atoms with Crippen LogP contribution in [0.15, 0.2) is 60.8 Å². The Bertz CT molecular complexity index is 1100. The van der Waals surface area contributed by atoms with Crippen LogP contribution in [-0.4, -0.2) is 64.9 Å². The maximum absolute atomic E-state index is 12.2. The van der Waals surface area contributed by atoms with E-state index in [2.05, 4.69) is 67.8 Å². The van der Waals surface area contributed by atoms with Crippen molar-refractivity contribution >= 4 is 25.7 Å². The molecule has 0 rings (SSSR count). The molecule has 3 unspecified atom stereocenters. The van der Waals surface area contributed by atoms with Crippen molar-refractivity contribution in [3.8, 4) is 0 Å². The number of carboxylic acid groups (broad SMARTS) is 1. The van der Waals surface area contributed by atoms with Gasteiger partial charge >= 0.3 is 19.8 Å². The molecule has 0 aromatic heterocycles. The predicted octanol–water partition coefficient (Wildman–Crippen LogP) is 8.83. The van der Waals surface area contributed by atoms with E-state index in [0.717, 1.165) is 51.4 Å². The molecule has 0 saturated heterocycles. The van der Waals surface area contributed by atoms with Crippen LogP contribution in [0.25, 0.3) is 0 Å². The van der Waals surface area contributed by atoms with Crippen molar-refractivity contribution in [2.75, 3.05) is 19.8 Å². The summed E-state index contributed by atoms with van der Waals surface area (Å²) in [4.78, 5) is 45.6. The first-order valence-electron chi connectivity index (χ1n) is 18.8. The summed E-state index contributed by atoms with van der Waals surface area (Å²) in [6.45, 7) is 2.36. The fourth-order valence-corrected chi connectivity index (χ4v) is 5.42. The molecule has 0 aromatic carbocycles. The number of hydrogen-bond donors (Lipinski definition) is 4. The first-order chi connectivity index (χ1) is 24.6. The number of carbonyl (C=O) groups excluding carboxylic acids is 2. The Kier molecular flexibility index (Phi) is 32.4. The molecule has 0 heterocycles. The third kappa shape index (κ3) is 34.1. The van der Waals surface area contributed by atoms with Gasteiger partial charge in [0.25, 0.3) is 0 Å². The summed E-state index contributed by atoms with van der Waals surface area (Å²) in [5, 5.41) is 21.7. The van der Waals surface area contributed by atoms with Gasteiger partial charge in [-0.1, -0.05) is 132 Å². The highest BCUT2D eigenvalue weighted by Gasteiger charge is 2.28. The number of carbonyl (C=O) groups is 3. The molecule has 4 N–H and O–H groups in total. The molecule has 0 radical (unpaired) electrons. The second kappa shape index (κ2) is 34.3. The summed E-state index contributed by atoms with van der Waals surface area (Å²) in [6.07, 6.45) is 37.0. The van der Waals surface area contributed by atoms with Crippen LogP contribution in [0, 0.1) is 0 Å². The number of esters is 1. The van der Waals surface area contributed by atoms with Crippen LogP contribution in [0.4, 0.5) is 0 Å². The molecular weight excluding hydrogens is 673 g/mol. The first-order valence-corrected chi connectivity index (χ1v) is 20.3. The van der Waals surface area contributed by atoms with Crippen molar-refractivity contribution in [2.24, 2.45) is 0 Å². The summed E-state index contributed by atoms with van der Waals surface area (Å²) in [7, 11) is -4.76. The predicted molar refractivity (Wildman–Crippen MR) is 203 cm³/mol. The Hall–Kier alpha value is -2.82. The van der Waals surface area contributed by atoms with E-state index in [1.54, 1.807) is 0 Å². The molecule has 0 aliphatic carbocycles. The van der Waals surface area contributed by atoms with Gasteiger partial charge < -0.3 is 25.2 Å². The molecule has 0 bridgehead atoms. The van der Waals surface area contributed by atoms with E-state index in [-0.39, 0.29) is 12.8 Å². The molecule has 0 fully saturated rings. The topological polar surface area (TPSA) is 169 Å². The summed E-state index contributed by atoms with van der Waals surface area (Å²) < 4.78 is 26.6. The average Bonchev–Trinajstić information content (AvgIpc) is 3.10. The largest absolute Gasteiger partial charge is 0.480 e. The van der Waals surface area contributed by atoms with Gasteiger partial charge in [0.1, 0.15) is 12.7 Å². The average molecular weight is 740 g/mol. The minimum Gasteiger partial charge on any atom is -0.480 e. The third-order valence-electron chi connectivity index (χ3n) is 7.57. The van der Waals surface area contributed by atoms with Crippen LogP contribution in [0.5, 0.6) is 0 Å². The fourth-order valence-electron chi connectivity index (χ4n) is 4.64. The number of unbranched alkanes of at least 4 members (excludes halogenated alkanes) is 10. The molecule has 0 aromatic rings. The van der Waals surface area contributed by atoms with Crippen molar-refractivity contribution in [2.45, 2.75) is 148 Å². The summed E-state index contributed by atoms with van der Waals surface area (Å²) in [6, 6.07) is -1.55. The number of aliphatic hydroxyl groups excluding tert-OH is 1. The maximum atomic E-state index is 12.2. The van der Waals surface area contributed by atoms with E-state index < -0.39 is 57.6 Å². The molecule has 0 spiro atoms. The zero-order valence-electron chi connectivity index (χ0n) is 31.1. The molecule has 11 nitrogen and oxygen atoms in total. The van der Waals surface area contributed by atoms with Crippen LogP contribution in [0.1, 0.15) is 136 Å². The molecule has 3 atom stereocenters. The number of phosphoric acid groups is 1. The van der Waals surface area contributed by atoms with E-state index in [0.29, 0.717) is 19.3 Å². The van der Waals surface area contributed by atoms with Crippen molar-refractivity contribution in [1.29, 1.82) is 0 Å². The van der Waals surface area contributed by atoms with Crippen LogP contribution < -0.4 is 5.32 Å². The van der Waals surface area contributed by atoms with Crippen molar-refractivity contribution < 1.29 is 47.8 Å². The van der Waals surface area contributed by atoms with Crippen molar-refractivity contribution in [3.05, 3.63) is 60.8 Å². The maximum Gasteiger partial charge on any atom is 0.472 e. The summed E-state index contributed by atoms with van der Waals surface area (Å²) in [5.41, 5.74) is 0. The van der Waals surface area contributed by atoms with E-state index in [9.17, 15) is 34.1 Å². The number of aliphatic carboxylic acids is 1. The number of phosphoric ester groups is 1. The highest BCUT2D eigenvalue weighted by molar-refractivity contribution is 7.47. The Morgan fingerprint density at radius 1 is 0.647 bits per heavy atom. The standard InChI is InChI=1S/C39H66NO10P/c1-3-5-7-9-11-13-15-16-17-18-19-20-21-23-25-27-29-31-38(43)48-32-35(41)33-49-51(46,47)50-34-36(39(44)45)40-37(42)30-28-26-24-22-14-12-10-8-6-4-2/h5,7,11,13,16-17,19-20,23,25,35-36,41H,3-4,6,8-10,12,14-15,18,21-22,24,26-34H2,1-2H3,(H,40,42)(H,44,45)(H,46,47)/b7-5-,13-11-,17-16-,20-19-,25-23-. The van der Waals surface area contributed by atoms with Gasteiger partial charge in [-0.15, -0.1) is 0 Å². The lowest BCUT2D eigenvalue weighted by atomic mass is 10.1. The summed E-state index contributed by atoms with van der Waals surface area (Å²) >= 11 is 0. The lowest BCUT2D eigenvalue weighted by Crippen LogP contribution is -2.43. The molecule has 0 saturated carbocycles. The molecule has 292 valence electrons. The summed E-state index contributed by atoms with van der Waals surface area (Å²) in [5.74, 6) is -2.45. The molecule has 0 aliphatic rings.